The van der Waals surface area contributed by atoms with Crippen molar-refractivity contribution in [1.82, 2.24) is 0 Å². The fourth-order valence-corrected chi connectivity index (χ4v) is 0.663. The second kappa shape index (κ2) is 7.77. The Hall–Kier alpha value is -0.860. The summed E-state index contributed by atoms with van der Waals surface area (Å²) in [5, 5.41) is 8.21. The average molecular weight is 181 g/mol. The van der Waals surface area contributed by atoms with Crippen molar-refractivity contribution in [3.05, 3.63) is 35.9 Å². The number of benzene rings is 1. The Bertz CT molecular complexity index is 195. The van der Waals surface area contributed by atoms with Crippen LogP contribution in [0.5, 0.6) is 0 Å². The zero-order valence-electron chi connectivity index (χ0n) is 8.40. The molecule has 0 bridgehead atoms. The molecular weight excluding hydrogens is 162 g/mol. The van der Waals surface area contributed by atoms with Crippen LogP contribution in [0.1, 0.15) is 18.9 Å². The molecule has 1 atom stereocenters. The van der Waals surface area contributed by atoms with Gasteiger partial charge < -0.3 is 10.8 Å². The Morgan fingerprint density at radius 2 is 1.85 bits per heavy atom. The first-order valence-corrected chi connectivity index (χ1v) is 4.58. The Kier molecular flexibility index (Phi) is 7.26. The standard InChI is InChI=1S/C7H8.C4H11NO/c1-7-5-3-2-4-6-7;1-2-4(5)3-6/h2-6H,1H3;4,6H,2-3,5H2,1H3. The van der Waals surface area contributed by atoms with Crippen molar-refractivity contribution in [3.63, 3.8) is 0 Å². The van der Waals surface area contributed by atoms with E-state index in [2.05, 4.69) is 19.1 Å². The van der Waals surface area contributed by atoms with Crippen molar-refractivity contribution in [2.24, 2.45) is 5.73 Å². The first-order chi connectivity index (χ1) is 6.20. The molecule has 0 fully saturated rings. The van der Waals surface area contributed by atoms with Gasteiger partial charge in [-0.05, 0) is 13.3 Å². The molecule has 13 heavy (non-hydrogen) atoms. The van der Waals surface area contributed by atoms with Crippen LogP contribution >= 0.6 is 0 Å². The Labute approximate surface area is 80.4 Å². The van der Waals surface area contributed by atoms with Gasteiger partial charge in [0.05, 0.1) is 6.61 Å². The molecule has 0 aliphatic rings. The minimum Gasteiger partial charge on any atom is -0.395 e. The highest BCUT2D eigenvalue weighted by atomic mass is 16.3. The van der Waals surface area contributed by atoms with Crippen LogP contribution < -0.4 is 5.73 Å². The highest BCUT2D eigenvalue weighted by Crippen LogP contribution is 1.92. The second-order valence-electron chi connectivity index (χ2n) is 3.01. The predicted octanol–water partition coefficient (Wildman–Crippen LogP) is 1.71. The van der Waals surface area contributed by atoms with Crippen LogP contribution in [0, 0.1) is 6.92 Å². The van der Waals surface area contributed by atoms with E-state index in [0.29, 0.717) is 0 Å². The van der Waals surface area contributed by atoms with Crippen molar-refractivity contribution in [2.45, 2.75) is 26.3 Å². The van der Waals surface area contributed by atoms with Crippen molar-refractivity contribution < 1.29 is 5.11 Å². The molecule has 1 aromatic rings. The minimum absolute atomic E-state index is 0.00926. The minimum atomic E-state index is -0.00926. The molecule has 2 heteroatoms. The third-order valence-corrected chi connectivity index (χ3v) is 1.70. The summed E-state index contributed by atoms with van der Waals surface area (Å²) < 4.78 is 0. The van der Waals surface area contributed by atoms with Gasteiger partial charge in [-0.1, -0.05) is 42.8 Å². The third-order valence-electron chi connectivity index (χ3n) is 1.70. The number of rotatable bonds is 2. The first kappa shape index (κ1) is 12.1. The van der Waals surface area contributed by atoms with Crippen LogP contribution in [-0.2, 0) is 0 Å². The lowest BCUT2D eigenvalue weighted by Crippen LogP contribution is -2.22. The Morgan fingerprint density at radius 3 is 2.00 bits per heavy atom. The van der Waals surface area contributed by atoms with Gasteiger partial charge in [-0.2, -0.15) is 0 Å². The van der Waals surface area contributed by atoms with Crippen LogP contribution in [0.15, 0.2) is 30.3 Å². The zero-order chi connectivity index (χ0) is 10.1. The van der Waals surface area contributed by atoms with Crippen molar-refractivity contribution >= 4 is 0 Å². The number of aryl methyl sites for hydroxylation is 1. The summed E-state index contributed by atoms with van der Waals surface area (Å²) in [5.41, 5.74) is 6.54. The van der Waals surface area contributed by atoms with E-state index in [1.807, 2.05) is 25.1 Å². The molecule has 1 unspecified atom stereocenters. The van der Waals surface area contributed by atoms with E-state index >= 15 is 0 Å². The number of nitrogens with two attached hydrogens (primary N) is 1. The van der Waals surface area contributed by atoms with Gasteiger partial charge >= 0.3 is 0 Å². The van der Waals surface area contributed by atoms with Gasteiger partial charge in [0, 0.05) is 6.04 Å². The van der Waals surface area contributed by atoms with Crippen LogP contribution in [0.2, 0.25) is 0 Å². The van der Waals surface area contributed by atoms with Crippen molar-refractivity contribution in [3.8, 4) is 0 Å². The van der Waals surface area contributed by atoms with Crippen LogP contribution in [0.3, 0.4) is 0 Å². The maximum atomic E-state index is 8.21. The molecule has 2 nitrogen and oxygen atoms in total. The smallest absolute Gasteiger partial charge is 0.0582 e. The number of hydrogen-bond donors (Lipinski definition) is 2. The van der Waals surface area contributed by atoms with Gasteiger partial charge in [0.2, 0.25) is 0 Å². The van der Waals surface area contributed by atoms with E-state index in [-0.39, 0.29) is 12.6 Å². The molecule has 0 aromatic heterocycles. The molecule has 74 valence electrons. The summed E-state index contributed by atoms with van der Waals surface area (Å²) in [5.74, 6) is 0. The van der Waals surface area contributed by atoms with Crippen molar-refractivity contribution in [2.75, 3.05) is 6.61 Å². The molecule has 0 heterocycles. The summed E-state index contributed by atoms with van der Waals surface area (Å²) >= 11 is 0. The number of aliphatic hydroxyl groups is 1. The summed E-state index contributed by atoms with van der Waals surface area (Å²) in [4.78, 5) is 0. The highest BCUT2D eigenvalue weighted by Gasteiger charge is 1.90. The lowest BCUT2D eigenvalue weighted by molar-refractivity contribution is 0.263. The van der Waals surface area contributed by atoms with Gasteiger partial charge in [-0.25, -0.2) is 0 Å². The summed E-state index contributed by atoms with van der Waals surface area (Å²) in [6, 6.07) is 10.3. The molecule has 1 aromatic carbocycles. The molecule has 0 saturated heterocycles. The number of aliphatic hydroxyl groups excluding tert-OH is 1. The molecule has 3 N–H and O–H groups in total. The lowest BCUT2D eigenvalue weighted by atomic mass is 10.2. The Morgan fingerprint density at radius 1 is 1.31 bits per heavy atom. The average Bonchev–Trinajstić information content (AvgIpc) is 2.19. The highest BCUT2D eigenvalue weighted by molar-refractivity contribution is 5.11. The van der Waals surface area contributed by atoms with E-state index in [9.17, 15) is 0 Å². The molecule has 0 aliphatic heterocycles. The van der Waals surface area contributed by atoms with Crippen LogP contribution in [0.25, 0.3) is 0 Å². The topological polar surface area (TPSA) is 46.2 Å². The third kappa shape index (κ3) is 7.50. The maximum absolute atomic E-state index is 8.21. The molecule has 1 rings (SSSR count). The van der Waals surface area contributed by atoms with E-state index in [1.165, 1.54) is 5.56 Å². The SMILES string of the molecule is CCC(N)CO.Cc1ccccc1. The molecule has 0 radical (unpaired) electrons. The van der Waals surface area contributed by atoms with E-state index in [1.54, 1.807) is 0 Å². The Balaban J connectivity index is 0.000000226. The molecule has 0 aliphatic carbocycles. The van der Waals surface area contributed by atoms with Gasteiger partial charge in [0.25, 0.3) is 0 Å². The maximum Gasteiger partial charge on any atom is 0.0582 e. The molecule has 0 saturated carbocycles. The molecular formula is C11H19NO. The molecule has 0 amide bonds. The van der Waals surface area contributed by atoms with E-state index < -0.39 is 0 Å². The molecule has 0 spiro atoms. The first-order valence-electron chi connectivity index (χ1n) is 4.58. The predicted molar refractivity (Wildman–Crippen MR) is 56.5 cm³/mol. The van der Waals surface area contributed by atoms with E-state index in [0.717, 1.165) is 6.42 Å². The van der Waals surface area contributed by atoms with Crippen LogP contribution in [0.4, 0.5) is 0 Å². The largest absolute Gasteiger partial charge is 0.395 e. The quantitative estimate of drug-likeness (QED) is 0.729. The fraction of sp³-hybridized carbons (Fsp3) is 0.455. The number of hydrogen-bond acceptors (Lipinski definition) is 2. The van der Waals surface area contributed by atoms with Crippen LogP contribution in [-0.4, -0.2) is 17.8 Å². The second-order valence-corrected chi connectivity index (χ2v) is 3.01. The summed E-state index contributed by atoms with van der Waals surface area (Å²) in [7, 11) is 0. The normalized spacial score (nSPS) is 11.4. The van der Waals surface area contributed by atoms with Gasteiger partial charge in [-0.15, -0.1) is 0 Å². The zero-order valence-corrected chi connectivity index (χ0v) is 8.40. The van der Waals surface area contributed by atoms with Crippen molar-refractivity contribution in [1.29, 1.82) is 0 Å². The van der Waals surface area contributed by atoms with Gasteiger partial charge in [0.15, 0.2) is 0 Å². The lowest BCUT2D eigenvalue weighted by Gasteiger charge is -1.98. The summed E-state index contributed by atoms with van der Waals surface area (Å²) in [6.45, 7) is 4.14. The van der Waals surface area contributed by atoms with E-state index in [4.69, 9.17) is 10.8 Å². The monoisotopic (exact) mass is 181 g/mol. The summed E-state index contributed by atoms with van der Waals surface area (Å²) in [6.07, 6.45) is 0.858. The van der Waals surface area contributed by atoms with Gasteiger partial charge in [-0.3, -0.25) is 0 Å². The van der Waals surface area contributed by atoms with Gasteiger partial charge in [0.1, 0.15) is 0 Å². The fourth-order valence-electron chi connectivity index (χ4n) is 0.663.